The highest BCUT2D eigenvalue weighted by Crippen LogP contribution is 2.22. The molecule has 0 unspecified atom stereocenters. The molecule has 0 saturated carbocycles. The van der Waals surface area contributed by atoms with Gasteiger partial charge in [-0.25, -0.2) is 0 Å². The molecule has 10 heteroatoms. The Bertz CT molecular complexity index is 964. The van der Waals surface area contributed by atoms with Crippen LogP contribution in [0.3, 0.4) is 0 Å². The third-order valence-electron chi connectivity index (χ3n) is 4.75. The maximum atomic E-state index is 12.3. The number of carbonyl (C=O) groups excluding carboxylic acids is 1. The molecule has 2 aromatic rings. The van der Waals surface area contributed by atoms with E-state index in [-0.39, 0.29) is 4.90 Å². The van der Waals surface area contributed by atoms with Crippen LogP contribution in [-0.4, -0.2) is 66.9 Å². The van der Waals surface area contributed by atoms with Crippen LogP contribution in [0.1, 0.15) is 15.9 Å². The van der Waals surface area contributed by atoms with Crippen molar-refractivity contribution in [2.45, 2.75) is 42.5 Å². The molecule has 1 aliphatic rings. The van der Waals surface area contributed by atoms with Crippen LogP contribution in [0, 0.1) is 6.92 Å². The van der Waals surface area contributed by atoms with E-state index in [1.54, 1.807) is 49.4 Å². The van der Waals surface area contributed by atoms with Crippen LogP contribution in [0.2, 0.25) is 0 Å². The monoisotopic (exact) mass is 437 g/mol. The Labute approximate surface area is 174 Å². The van der Waals surface area contributed by atoms with Crippen molar-refractivity contribution in [3.8, 4) is 0 Å². The number of benzene rings is 2. The fourth-order valence-electron chi connectivity index (χ4n) is 2.99. The van der Waals surface area contributed by atoms with Gasteiger partial charge < -0.3 is 25.4 Å². The molecule has 0 spiro atoms. The molecule has 5 atom stereocenters. The molecule has 162 valence electrons. The van der Waals surface area contributed by atoms with E-state index in [9.17, 15) is 28.5 Å². The molecule has 1 saturated heterocycles. The van der Waals surface area contributed by atoms with Gasteiger partial charge in [0.25, 0.3) is 16.0 Å². The number of carbonyl (C=O) groups is 1. The average molecular weight is 437 g/mol. The molecule has 1 aliphatic heterocycles. The van der Waals surface area contributed by atoms with E-state index >= 15 is 0 Å². The number of aryl methyl sites for hydroxylation is 1. The highest BCUT2D eigenvalue weighted by molar-refractivity contribution is 7.86. The van der Waals surface area contributed by atoms with Gasteiger partial charge in [0.2, 0.25) is 0 Å². The fraction of sp³-hybridized carbons (Fsp3) is 0.350. The predicted octanol–water partition coefficient (Wildman–Crippen LogP) is -0.0621. The van der Waals surface area contributed by atoms with Crippen molar-refractivity contribution in [1.82, 2.24) is 5.32 Å². The van der Waals surface area contributed by atoms with E-state index in [0.29, 0.717) is 5.56 Å². The molecule has 2 aromatic carbocycles. The van der Waals surface area contributed by atoms with Gasteiger partial charge in [0, 0.05) is 5.56 Å². The minimum Gasteiger partial charge on any atom is -0.388 e. The van der Waals surface area contributed by atoms with E-state index in [1.807, 2.05) is 0 Å². The first-order valence-corrected chi connectivity index (χ1v) is 10.6. The molecule has 0 aromatic heterocycles. The lowest BCUT2D eigenvalue weighted by atomic mass is 9.97. The van der Waals surface area contributed by atoms with Crippen molar-refractivity contribution in [2.24, 2.45) is 0 Å². The summed E-state index contributed by atoms with van der Waals surface area (Å²) in [6, 6.07) is 12.8. The summed E-state index contributed by atoms with van der Waals surface area (Å²) in [6.07, 6.45) is -6.24. The van der Waals surface area contributed by atoms with Crippen LogP contribution >= 0.6 is 0 Å². The average Bonchev–Trinajstić information content (AvgIpc) is 2.73. The number of rotatable bonds is 6. The van der Waals surface area contributed by atoms with Crippen molar-refractivity contribution >= 4 is 16.0 Å². The molecule has 4 N–H and O–H groups in total. The van der Waals surface area contributed by atoms with Crippen molar-refractivity contribution in [3.63, 3.8) is 0 Å². The zero-order valence-corrected chi connectivity index (χ0v) is 16.9. The van der Waals surface area contributed by atoms with Gasteiger partial charge in [-0.05, 0) is 31.2 Å². The summed E-state index contributed by atoms with van der Waals surface area (Å²) < 4.78 is 34.7. The van der Waals surface area contributed by atoms with Gasteiger partial charge >= 0.3 is 0 Å². The Kier molecular flexibility index (Phi) is 6.86. The Morgan fingerprint density at radius 1 is 1.03 bits per heavy atom. The number of amides is 1. The molecule has 0 radical (unpaired) electrons. The van der Waals surface area contributed by atoms with Crippen molar-refractivity contribution < 1.29 is 37.5 Å². The lowest BCUT2D eigenvalue weighted by Crippen LogP contribution is -2.64. The van der Waals surface area contributed by atoms with E-state index in [0.717, 1.165) is 5.56 Å². The van der Waals surface area contributed by atoms with Gasteiger partial charge in [-0.2, -0.15) is 8.42 Å². The highest BCUT2D eigenvalue weighted by atomic mass is 32.2. The van der Waals surface area contributed by atoms with Crippen LogP contribution in [0.4, 0.5) is 0 Å². The summed E-state index contributed by atoms with van der Waals surface area (Å²) >= 11 is 0. The molecular formula is C20H23NO8S. The topological polar surface area (TPSA) is 142 Å². The zero-order chi connectivity index (χ0) is 21.9. The van der Waals surface area contributed by atoms with Gasteiger partial charge in [-0.3, -0.25) is 8.98 Å². The lowest BCUT2D eigenvalue weighted by molar-refractivity contribution is -0.250. The van der Waals surface area contributed by atoms with Gasteiger partial charge in [-0.15, -0.1) is 0 Å². The maximum Gasteiger partial charge on any atom is 0.297 e. The number of hydrogen-bond acceptors (Lipinski definition) is 8. The molecule has 1 heterocycles. The summed E-state index contributed by atoms with van der Waals surface area (Å²) in [7, 11) is -4.13. The second-order valence-electron chi connectivity index (χ2n) is 6.96. The first-order chi connectivity index (χ1) is 14.2. The van der Waals surface area contributed by atoms with E-state index in [1.165, 1.54) is 12.1 Å². The van der Waals surface area contributed by atoms with Crippen molar-refractivity contribution in [3.05, 3.63) is 65.7 Å². The van der Waals surface area contributed by atoms with E-state index in [4.69, 9.17) is 8.92 Å². The summed E-state index contributed by atoms with van der Waals surface area (Å²) in [6.45, 7) is 1.17. The summed E-state index contributed by atoms with van der Waals surface area (Å²) in [5.74, 6) is -0.578. The Morgan fingerprint density at radius 3 is 2.30 bits per heavy atom. The fourth-order valence-corrected chi connectivity index (χ4v) is 3.91. The molecule has 30 heavy (non-hydrogen) atoms. The van der Waals surface area contributed by atoms with Crippen LogP contribution in [0.25, 0.3) is 0 Å². The number of aliphatic hydroxyl groups excluding tert-OH is 3. The van der Waals surface area contributed by atoms with Crippen molar-refractivity contribution in [1.29, 1.82) is 0 Å². The zero-order valence-electron chi connectivity index (χ0n) is 16.1. The predicted molar refractivity (Wildman–Crippen MR) is 105 cm³/mol. The number of ether oxygens (including phenoxy) is 1. The van der Waals surface area contributed by atoms with Gasteiger partial charge in [-0.1, -0.05) is 35.9 Å². The smallest absolute Gasteiger partial charge is 0.297 e. The molecule has 1 fully saturated rings. The third kappa shape index (κ3) is 5.04. The first-order valence-electron chi connectivity index (χ1n) is 9.21. The summed E-state index contributed by atoms with van der Waals surface area (Å²) in [4.78, 5) is 12.2. The molecule has 9 nitrogen and oxygen atoms in total. The minimum absolute atomic E-state index is 0.0764. The van der Waals surface area contributed by atoms with Gasteiger partial charge in [0.15, 0.2) is 6.29 Å². The Morgan fingerprint density at radius 2 is 1.67 bits per heavy atom. The highest BCUT2D eigenvalue weighted by Gasteiger charge is 2.45. The first kappa shape index (κ1) is 22.3. The molecular weight excluding hydrogens is 414 g/mol. The number of hydrogen-bond donors (Lipinski definition) is 4. The number of aliphatic hydroxyl groups is 3. The van der Waals surface area contributed by atoms with Gasteiger partial charge in [0.05, 0.1) is 11.5 Å². The second-order valence-corrected chi connectivity index (χ2v) is 8.58. The molecule has 3 rings (SSSR count). The quantitative estimate of drug-likeness (QED) is 0.461. The second kappa shape index (κ2) is 9.21. The van der Waals surface area contributed by atoms with Crippen LogP contribution in [-0.2, 0) is 19.0 Å². The number of nitrogens with one attached hydrogen (secondary N) is 1. The molecule has 0 bridgehead atoms. The van der Waals surface area contributed by atoms with Crippen LogP contribution < -0.4 is 5.32 Å². The third-order valence-corrected chi connectivity index (χ3v) is 6.05. The summed E-state index contributed by atoms with van der Waals surface area (Å²) in [5.41, 5.74) is 1.16. The minimum atomic E-state index is -4.13. The van der Waals surface area contributed by atoms with E-state index < -0.39 is 53.3 Å². The van der Waals surface area contributed by atoms with Crippen LogP contribution in [0.15, 0.2) is 59.5 Å². The van der Waals surface area contributed by atoms with Crippen LogP contribution in [0.5, 0.6) is 0 Å². The Balaban J connectivity index is 1.63. The standard InChI is InChI=1S/C20H23NO8S/c1-12-7-9-14(10-8-12)30(26,27)28-11-15-17(22)18(23)16(20(25)29-15)21-19(24)13-5-3-2-4-6-13/h2-10,15-18,20,22-23,25H,11H2,1H3,(H,21,24)/t15-,16+,17+,18+,20-/m1/s1. The lowest BCUT2D eigenvalue weighted by Gasteiger charge is -2.40. The normalized spacial score (nSPS) is 26.9. The largest absolute Gasteiger partial charge is 0.388 e. The summed E-state index contributed by atoms with van der Waals surface area (Å²) in [5, 5.41) is 33.2. The SMILES string of the molecule is Cc1ccc(S(=O)(=O)OC[C@H]2O[C@@H](O)[C@@H](NC(=O)c3ccccc3)[C@H](O)[C@H]2O)cc1. The maximum absolute atomic E-state index is 12.3. The van der Waals surface area contributed by atoms with Gasteiger partial charge in [0.1, 0.15) is 24.4 Å². The molecule has 0 aliphatic carbocycles. The van der Waals surface area contributed by atoms with E-state index in [2.05, 4.69) is 5.32 Å². The molecule has 1 amide bonds. The Hall–Kier alpha value is -2.34. The van der Waals surface area contributed by atoms with Crippen molar-refractivity contribution in [2.75, 3.05) is 6.61 Å².